The summed E-state index contributed by atoms with van der Waals surface area (Å²) in [5.74, 6) is 0.737. The lowest BCUT2D eigenvalue weighted by Gasteiger charge is -2.13. The highest BCUT2D eigenvalue weighted by atomic mass is 127. The van der Waals surface area contributed by atoms with Gasteiger partial charge >= 0.3 is 0 Å². The van der Waals surface area contributed by atoms with Crippen LogP contribution >= 0.6 is 24.0 Å². The van der Waals surface area contributed by atoms with Gasteiger partial charge in [0.15, 0.2) is 5.96 Å². The van der Waals surface area contributed by atoms with E-state index in [0.717, 1.165) is 37.5 Å². The quantitative estimate of drug-likeness (QED) is 0.171. The predicted octanol–water partition coefficient (Wildman–Crippen LogP) is 3.94. The van der Waals surface area contributed by atoms with Gasteiger partial charge in [-0.15, -0.1) is 24.0 Å². The van der Waals surface area contributed by atoms with Crippen LogP contribution in [0.5, 0.6) is 0 Å². The fraction of sp³-hybridized carbons (Fsp3) is 0.440. The second kappa shape index (κ2) is 15.6. The monoisotopic (exact) mass is 551 g/mol. The highest BCUT2D eigenvalue weighted by Gasteiger charge is 2.06. The summed E-state index contributed by atoms with van der Waals surface area (Å²) in [5, 5.41) is 9.78. The molecule has 0 saturated heterocycles. The molecule has 0 radical (unpaired) electrons. The van der Waals surface area contributed by atoms with Crippen molar-refractivity contribution in [1.82, 2.24) is 20.9 Å². The molecule has 0 heterocycles. The molecule has 0 fully saturated rings. The van der Waals surface area contributed by atoms with Crippen molar-refractivity contribution in [3.8, 4) is 0 Å². The van der Waals surface area contributed by atoms with Gasteiger partial charge in [0.1, 0.15) is 0 Å². The van der Waals surface area contributed by atoms with E-state index in [1.165, 1.54) is 11.1 Å². The zero-order valence-corrected chi connectivity index (χ0v) is 22.1. The SMILES string of the molecule is CCCCNC(=NCc1cccc(C(=O)NCCN(C)C)c1)NCc1ccc(C)cc1.I. The lowest BCUT2D eigenvalue weighted by Crippen LogP contribution is -2.37. The highest BCUT2D eigenvalue weighted by molar-refractivity contribution is 14.0. The number of halogens is 1. The molecular weight excluding hydrogens is 513 g/mol. The molecule has 0 bridgehead atoms. The molecule has 0 unspecified atom stereocenters. The van der Waals surface area contributed by atoms with Gasteiger partial charge in [-0.1, -0.05) is 55.3 Å². The Labute approximate surface area is 210 Å². The second-order valence-corrected chi connectivity index (χ2v) is 8.04. The maximum Gasteiger partial charge on any atom is 0.251 e. The number of carbonyl (C=O) groups excluding carboxylic acids is 1. The van der Waals surface area contributed by atoms with Crippen molar-refractivity contribution in [2.75, 3.05) is 33.7 Å². The molecular formula is C25H38IN5O. The van der Waals surface area contributed by atoms with Crippen LogP contribution in [0.15, 0.2) is 53.5 Å². The first-order valence-corrected chi connectivity index (χ1v) is 11.1. The van der Waals surface area contributed by atoms with Crippen LogP contribution in [-0.2, 0) is 13.1 Å². The number of unbranched alkanes of at least 4 members (excludes halogenated alkanes) is 1. The fourth-order valence-electron chi connectivity index (χ4n) is 2.93. The Bertz CT molecular complexity index is 836. The normalized spacial score (nSPS) is 11.1. The van der Waals surface area contributed by atoms with Crippen LogP contribution in [0.1, 0.15) is 46.8 Å². The lowest BCUT2D eigenvalue weighted by atomic mass is 10.1. The molecule has 0 aromatic heterocycles. The van der Waals surface area contributed by atoms with Gasteiger partial charge in [0.2, 0.25) is 0 Å². The molecule has 1 amide bonds. The van der Waals surface area contributed by atoms with Gasteiger partial charge in [0, 0.05) is 31.7 Å². The number of nitrogens with one attached hydrogen (secondary N) is 3. The summed E-state index contributed by atoms with van der Waals surface area (Å²) in [5.41, 5.74) is 4.14. The summed E-state index contributed by atoms with van der Waals surface area (Å²) in [6.07, 6.45) is 2.22. The molecule has 2 aromatic rings. The van der Waals surface area contributed by atoms with E-state index in [1.807, 2.05) is 43.3 Å². The summed E-state index contributed by atoms with van der Waals surface area (Å²) in [6, 6.07) is 16.2. The van der Waals surface area contributed by atoms with E-state index >= 15 is 0 Å². The molecule has 6 nitrogen and oxygen atoms in total. The Balaban J connectivity index is 0.00000512. The topological polar surface area (TPSA) is 68.8 Å². The molecule has 0 aliphatic rings. The van der Waals surface area contributed by atoms with Crippen molar-refractivity contribution in [2.45, 2.75) is 39.8 Å². The van der Waals surface area contributed by atoms with Gasteiger partial charge < -0.3 is 20.9 Å². The van der Waals surface area contributed by atoms with Gasteiger partial charge in [0.05, 0.1) is 6.54 Å². The van der Waals surface area contributed by atoms with E-state index in [4.69, 9.17) is 4.99 Å². The third-order valence-corrected chi connectivity index (χ3v) is 4.86. The number of likely N-dealkylation sites (N-methyl/N-ethyl adjacent to an activating group) is 1. The first kappa shape index (κ1) is 27.9. The molecule has 0 saturated carbocycles. The maximum absolute atomic E-state index is 12.4. The molecule has 0 aliphatic carbocycles. The van der Waals surface area contributed by atoms with Crippen LogP contribution < -0.4 is 16.0 Å². The van der Waals surface area contributed by atoms with Crippen LogP contribution in [0.25, 0.3) is 0 Å². The highest BCUT2D eigenvalue weighted by Crippen LogP contribution is 2.07. The van der Waals surface area contributed by atoms with Crippen LogP contribution in [0.3, 0.4) is 0 Å². The number of hydrogen-bond acceptors (Lipinski definition) is 3. The third kappa shape index (κ3) is 10.9. The molecule has 0 aliphatic heterocycles. The van der Waals surface area contributed by atoms with E-state index in [1.54, 1.807) is 0 Å². The number of rotatable bonds is 11. The van der Waals surface area contributed by atoms with E-state index in [2.05, 4.69) is 54.1 Å². The van der Waals surface area contributed by atoms with Gasteiger partial charge in [0.25, 0.3) is 5.91 Å². The van der Waals surface area contributed by atoms with E-state index < -0.39 is 0 Å². The molecule has 176 valence electrons. The number of nitrogens with zero attached hydrogens (tertiary/aromatic N) is 2. The molecule has 0 atom stereocenters. The smallest absolute Gasteiger partial charge is 0.251 e. The van der Waals surface area contributed by atoms with Crippen LogP contribution in [0.2, 0.25) is 0 Å². The van der Waals surface area contributed by atoms with Crippen molar-refractivity contribution in [3.05, 3.63) is 70.8 Å². The number of aryl methyl sites for hydroxylation is 1. The Kier molecular flexibility index (Phi) is 13.6. The Morgan fingerprint density at radius 1 is 0.969 bits per heavy atom. The zero-order chi connectivity index (χ0) is 22.5. The standard InChI is InChI=1S/C25H37N5O.HI/c1-5-6-14-27-25(28-18-21-12-10-20(2)11-13-21)29-19-22-8-7-9-23(17-22)24(31)26-15-16-30(3)4;/h7-13,17H,5-6,14-16,18-19H2,1-4H3,(H,26,31)(H2,27,28,29);1H. The third-order valence-electron chi connectivity index (χ3n) is 4.86. The summed E-state index contributed by atoms with van der Waals surface area (Å²) >= 11 is 0. The van der Waals surface area contributed by atoms with Crippen molar-refractivity contribution >= 4 is 35.8 Å². The summed E-state index contributed by atoms with van der Waals surface area (Å²) < 4.78 is 0. The van der Waals surface area contributed by atoms with Crippen LogP contribution in [0.4, 0.5) is 0 Å². The number of guanidine groups is 1. The van der Waals surface area contributed by atoms with E-state index in [0.29, 0.717) is 25.2 Å². The van der Waals surface area contributed by atoms with Gasteiger partial charge in [-0.05, 0) is 50.7 Å². The average Bonchev–Trinajstić information content (AvgIpc) is 2.76. The lowest BCUT2D eigenvalue weighted by molar-refractivity contribution is 0.0951. The second-order valence-electron chi connectivity index (χ2n) is 8.04. The number of aliphatic imine (C=N–C) groups is 1. The minimum absolute atomic E-state index is 0. The Morgan fingerprint density at radius 3 is 2.41 bits per heavy atom. The largest absolute Gasteiger partial charge is 0.356 e. The summed E-state index contributed by atoms with van der Waals surface area (Å²) in [7, 11) is 3.98. The molecule has 32 heavy (non-hydrogen) atoms. The average molecular weight is 552 g/mol. The van der Waals surface area contributed by atoms with Gasteiger partial charge in [-0.25, -0.2) is 4.99 Å². The van der Waals surface area contributed by atoms with Crippen molar-refractivity contribution in [3.63, 3.8) is 0 Å². The molecule has 0 spiro atoms. The zero-order valence-electron chi connectivity index (χ0n) is 19.8. The van der Waals surface area contributed by atoms with Gasteiger partial charge in [-0.2, -0.15) is 0 Å². The van der Waals surface area contributed by atoms with E-state index in [-0.39, 0.29) is 29.9 Å². The van der Waals surface area contributed by atoms with Crippen LogP contribution in [0, 0.1) is 6.92 Å². The van der Waals surface area contributed by atoms with Crippen molar-refractivity contribution in [1.29, 1.82) is 0 Å². The molecule has 2 rings (SSSR count). The van der Waals surface area contributed by atoms with Crippen molar-refractivity contribution in [2.24, 2.45) is 4.99 Å². The van der Waals surface area contributed by atoms with Crippen LogP contribution in [-0.4, -0.2) is 50.5 Å². The number of benzene rings is 2. The number of amides is 1. The first-order valence-electron chi connectivity index (χ1n) is 11.1. The minimum atomic E-state index is -0.0496. The fourth-order valence-corrected chi connectivity index (χ4v) is 2.93. The Morgan fingerprint density at radius 2 is 1.72 bits per heavy atom. The van der Waals surface area contributed by atoms with E-state index in [9.17, 15) is 4.79 Å². The maximum atomic E-state index is 12.4. The summed E-state index contributed by atoms with van der Waals surface area (Å²) in [6.45, 7) is 7.81. The number of hydrogen-bond donors (Lipinski definition) is 3. The Hall–Kier alpha value is -2.13. The minimum Gasteiger partial charge on any atom is -0.356 e. The van der Waals surface area contributed by atoms with Crippen molar-refractivity contribution < 1.29 is 4.79 Å². The molecule has 3 N–H and O–H groups in total. The first-order chi connectivity index (χ1) is 15.0. The molecule has 2 aromatic carbocycles. The molecule has 7 heteroatoms. The predicted molar refractivity (Wildman–Crippen MR) is 145 cm³/mol. The number of carbonyl (C=O) groups is 1. The summed E-state index contributed by atoms with van der Waals surface area (Å²) in [4.78, 5) is 19.2. The van der Waals surface area contributed by atoms with Gasteiger partial charge in [-0.3, -0.25) is 4.79 Å².